The molecule has 0 bridgehead atoms. The lowest BCUT2D eigenvalue weighted by Gasteiger charge is -2.13. The van der Waals surface area contributed by atoms with Crippen LogP contribution in [0.3, 0.4) is 0 Å². The zero-order chi connectivity index (χ0) is 18.5. The fraction of sp³-hybridized carbons (Fsp3) is 0.300. The van der Waals surface area contributed by atoms with Crippen LogP contribution in [0.1, 0.15) is 19.2 Å². The number of thioether (sulfide) groups is 1. The summed E-state index contributed by atoms with van der Waals surface area (Å²) in [6.07, 6.45) is 0.866. The SMILES string of the molecule is Cc1nc2ccccc2n1CCCNC(=O)[C@@H](C)Sc1ccc(Cl)cc1. The van der Waals surface area contributed by atoms with Crippen molar-refractivity contribution in [3.05, 3.63) is 59.4 Å². The molecule has 0 unspecified atom stereocenters. The molecule has 1 aromatic heterocycles. The summed E-state index contributed by atoms with van der Waals surface area (Å²) in [6.45, 7) is 5.42. The van der Waals surface area contributed by atoms with Crippen LogP contribution in [-0.2, 0) is 11.3 Å². The molecule has 0 saturated carbocycles. The molecule has 0 aliphatic rings. The summed E-state index contributed by atoms with van der Waals surface area (Å²) in [6, 6.07) is 15.7. The quantitative estimate of drug-likeness (QED) is 0.472. The van der Waals surface area contributed by atoms with Crippen LogP contribution in [-0.4, -0.2) is 27.3 Å². The number of nitrogens with one attached hydrogen (secondary N) is 1. The molecule has 0 radical (unpaired) electrons. The van der Waals surface area contributed by atoms with Crippen molar-refractivity contribution in [1.82, 2.24) is 14.9 Å². The molecule has 0 aliphatic carbocycles. The van der Waals surface area contributed by atoms with Gasteiger partial charge in [0.15, 0.2) is 0 Å². The fourth-order valence-electron chi connectivity index (χ4n) is 2.84. The molecule has 6 heteroatoms. The molecular formula is C20H22ClN3OS. The van der Waals surface area contributed by atoms with Crippen LogP contribution in [0, 0.1) is 6.92 Å². The standard InChI is InChI=1S/C20H22ClN3OS/c1-14(26-17-10-8-16(21)9-11-17)20(25)22-12-5-13-24-15(2)23-18-6-3-4-7-19(18)24/h3-4,6-11,14H,5,12-13H2,1-2H3,(H,22,25)/t14-/m1/s1. The zero-order valence-electron chi connectivity index (χ0n) is 14.9. The fourth-order valence-corrected chi connectivity index (χ4v) is 3.86. The number of aryl methyl sites for hydroxylation is 2. The Kier molecular flexibility index (Phi) is 6.22. The average molecular weight is 388 g/mol. The number of carbonyl (C=O) groups excluding carboxylic acids is 1. The van der Waals surface area contributed by atoms with Gasteiger partial charge in [-0.05, 0) is 56.7 Å². The Hall–Kier alpha value is -1.98. The monoisotopic (exact) mass is 387 g/mol. The molecule has 136 valence electrons. The van der Waals surface area contributed by atoms with Gasteiger partial charge in [0.25, 0.3) is 0 Å². The molecule has 3 aromatic rings. The third-order valence-corrected chi connectivity index (χ3v) is 5.56. The minimum atomic E-state index is -0.146. The second kappa shape index (κ2) is 8.60. The number of hydrogen-bond acceptors (Lipinski definition) is 3. The predicted octanol–water partition coefficient (Wildman–Crippen LogP) is 4.69. The van der Waals surface area contributed by atoms with E-state index in [4.69, 9.17) is 11.6 Å². The number of para-hydroxylation sites is 2. The zero-order valence-corrected chi connectivity index (χ0v) is 16.5. The molecule has 1 heterocycles. The van der Waals surface area contributed by atoms with E-state index >= 15 is 0 Å². The smallest absolute Gasteiger partial charge is 0.233 e. The lowest BCUT2D eigenvalue weighted by Crippen LogP contribution is -2.32. The summed E-state index contributed by atoms with van der Waals surface area (Å²) < 4.78 is 2.20. The molecule has 1 N–H and O–H groups in total. The summed E-state index contributed by atoms with van der Waals surface area (Å²) in [5, 5.41) is 3.58. The summed E-state index contributed by atoms with van der Waals surface area (Å²) >= 11 is 7.42. The van der Waals surface area contributed by atoms with Crippen LogP contribution >= 0.6 is 23.4 Å². The van der Waals surface area contributed by atoms with Gasteiger partial charge in [-0.2, -0.15) is 0 Å². The maximum absolute atomic E-state index is 12.3. The second-order valence-corrected chi connectivity index (χ2v) is 8.01. The van der Waals surface area contributed by atoms with E-state index in [0.29, 0.717) is 11.6 Å². The Morgan fingerprint density at radius 2 is 1.96 bits per heavy atom. The van der Waals surface area contributed by atoms with E-state index in [0.717, 1.165) is 34.7 Å². The number of aromatic nitrogens is 2. The maximum atomic E-state index is 12.3. The highest BCUT2D eigenvalue weighted by Crippen LogP contribution is 2.24. The molecule has 26 heavy (non-hydrogen) atoms. The number of benzene rings is 2. The lowest BCUT2D eigenvalue weighted by atomic mass is 10.3. The number of amides is 1. The van der Waals surface area contributed by atoms with Crippen LogP contribution < -0.4 is 5.32 Å². The molecule has 0 saturated heterocycles. The van der Waals surface area contributed by atoms with Crippen molar-refractivity contribution >= 4 is 40.3 Å². The van der Waals surface area contributed by atoms with Crippen molar-refractivity contribution in [2.24, 2.45) is 0 Å². The van der Waals surface area contributed by atoms with Gasteiger partial charge in [-0.15, -0.1) is 11.8 Å². The Labute approximate surface area is 163 Å². The molecule has 0 fully saturated rings. The third-order valence-electron chi connectivity index (χ3n) is 4.20. The van der Waals surface area contributed by atoms with Gasteiger partial charge in [0.2, 0.25) is 5.91 Å². The van der Waals surface area contributed by atoms with Crippen molar-refractivity contribution in [3.8, 4) is 0 Å². The van der Waals surface area contributed by atoms with Gasteiger partial charge >= 0.3 is 0 Å². The largest absolute Gasteiger partial charge is 0.355 e. The summed E-state index contributed by atoms with van der Waals surface area (Å²) in [5.41, 5.74) is 2.16. The number of nitrogens with zero attached hydrogens (tertiary/aromatic N) is 2. The van der Waals surface area contributed by atoms with E-state index in [1.807, 2.05) is 56.3 Å². The Morgan fingerprint density at radius 3 is 2.73 bits per heavy atom. The molecule has 0 aliphatic heterocycles. The molecular weight excluding hydrogens is 366 g/mol. The lowest BCUT2D eigenvalue weighted by molar-refractivity contribution is -0.120. The Morgan fingerprint density at radius 1 is 1.23 bits per heavy atom. The van der Waals surface area contributed by atoms with E-state index in [1.54, 1.807) is 0 Å². The first kappa shape index (κ1) is 18.8. The van der Waals surface area contributed by atoms with Gasteiger partial charge in [-0.1, -0.05) is 23.7 Å². The van der Waals surface area contributed by atoms with Gasteiger partial charge in [0, 0.05) is 23.0 Å². The summed E-state index contributed by atoms with van der Waals surface area (Å²) in [7, 11) is 0. The van der Waals surface area contributed by atoms with Crippen LogP contribution in [0.15, 0.2) is 53.4 Å². The highest BCUT2D eigenvalue weighted by Gasteiger charge is 2.14. The number of halogens is 1. The van der Waals surface area contributed by atoms with Gasteiger partial charge in [0.1, 0.15) is 5.82 Å². The van der Waals surface area contributed by atoms with Crippen LogP contribution in [0.25, 0.3) is 11.0 Å². The highest BCUT2D eigenvalue weighted by atomic mass is 35.5. The first-order chi connectivity index (χ1) is 12.5. The molecule has 2 aromatic carbocycles. The van der Waals surface area contributed by atoms with Gasteiger partial charge in [0.05, 0.1) is 16.3 Å². The number of carbonyl (C=O) groups is 1. The van der Waals surface area contributed by atoms with E-state index in [1.165, 1.54) is 11.8 Å². The first-order valence-electron chi connectivity index (χ1n) is 8.66. The first-order valence-corrected chi connectivity index (χ1v) is 9.92. The van der Waals surface area contributed by atoms with Crippen molar-refractivity contribution in [2.45, 2.75) is 37.0 Å². The van der Waals surface area contributed by atoms with E-state index < -0.39 is 0 Å². The molecule has 4 nitrogen and oxygen atoms in total. The second-order valence-electron chi connectivity index (χ2n) is 6.16. The van der Waals surface area contributed by atoms with Crippen molar-refractivity contribution in [1.29, 1.82) is 0 Å². The van der Waals surface area contributed by atoms with Gasteiger partial charge in [-0.3, -0.25) is 4.79 Å². The molecule has 1 amide bonds. The number of fused-ring (bicyclic) bond motifs is 1. The van der Waals surface area contributed by atoms with E-state index in [-0.39, 0.29) is 11.2 Å². The van der Waals surface area contributed by atoms with Crippen LogP contribution in [0.2, 0.25) is 5.02 Å². The van der Waals surface area contributed by atoms with Crippen molar-refractivity contribution in [3.63, 3.8) is 0 Å². The van der Waals surface area contributed by atoms with Crippen LogP contribution in [0.5, 0.6) is 0 Å². The van der Waals surface area contributed by atoms with Gasteiger partial charge < -0.3 is 9.88 Å². The molecule has 3 rings (SSSR count). The van der Waals surface area contributed by atoms with Gasteiger partial charge in [-0.25, -0.2) is 4.98 Å². The Bertz CT molecular complexity index is 892. The Balaban J connectivity index is 1.47. The molecule has 1 atom stereocenters. The highest BCUT2D eigenvalue weighted by molar-refractivity contribution is 8.00. The van der Waals surface area contributed by atoms with Crippen molar-refractivity contribution < 1.29 is 4.79 Å². The minimum Gasteiger partial charge on any atom is -0.355 e. The van der Waals surface area contributed by atoms with E-state index in [2.05, 4.69) is 20.9 Å². The molecule has 0 spiro atoms. The summed E-state index contributed by atoms with van der Waals surface area (Å²) in [5.74, 6) is 1.06. The normalized spacial score (nSPS) is 12.3. The number of rotatable bonds is 7. The number of hydrogen-bond donors (Lipinski definition) is 1. The predicted molar refractivity (Wildman–Crippen MR) is 109 cm³/mol. The maximum Gasteiger partial charge on any atom is 0.233 e. The third kappa shape index (κ3) is 4.59. The number of imidazole rings is 1. The minimum absolute atomic E-state index is 0.0529. The topological polar surface area (TPSA) is 46.9 Å². The van der Waals surface area contributed by atoms with Crippen molar-refractivity contribution in [2.75, 3.05) is 6.54 Å². The van der Waals surface area contributed by atoms with Crippen LogP contribution in [0.4, 0.5) is 0 Å². The summed E-state index contributed by atoms with van der Waals surface area (Å²) in [4.78, 5) is 17.9. The van der Waals surface area contributed by atoms with E-state index in [9.17, 15) is 4.79 Å². The average Bonchev–Trinajstić information content (AvgIpc) is 2.95.